The van der Waals surface area contributed by atoms with Crippen LogP contribution in [0.5, 0.6) is 0 Å². The SMILES string of the molecule is N#Cc1c(C(=O)O)cc(Cl)cc1C(F)(F)F. The summed E-state index contributed by atoms with van der Waals surface area (Å²) in [6, 6.07) is 2.54. The fourth-order valence-corrected chi connectivity index (χ4v) is 1.34. The van der Waals surface area contributed by atoms with Gasteiger partial charge in [0.25, 0.3) is 0 Å². The van der Waals surface area contributed by atoms with Gasteiger partial charge in [-0.25, -0.2) is 4.79 Å². The molecule has 0 aliphatic rings. The predicted octanol–water partition coefficient (Wildman–Crippen LogP) is 2.93. The average molecular weight is 250 g/mol. The average Bonchev–Trinajstić information content (AvgIpc) is 2.14. The molecule has 0 atom stereocenters. The molecule has 84 valence electrons. The van der Waals surface area contributed by atoms with Gasteiger partial charge in [-0.15, -0.1) is 0 Å². The first-order valence-corrected chi connectivity index (χ1v) is 4.19. The van der Waals surface area contributed by atoms with Crippen molar-refractivity contribution in [3.8, 4) is 6.07 Å². The van der Waals surface area contributed by atoms with E-state index >= 15 is 0 Å². The van der Waals surface area contributed by atoms with Gasteiger partial charge < -0.3 is 5.11 Å². The Hall–Kier alpha value is -1.74. The molecule has 0 aliphatic heterocycles. The number of carboxylic acids is 1. The molecule has 1 aromatic carbocycles. The molecule has 0 radical (unpaired) electrons. The molecule has 16 heavy (non-hydrogen) atoms. The number of alkyl halides is 3. The summed E-state index contributed by atoms with van der Waals surface area (Å²) in [4.78, 5) is 10.6. The summed E-state index contributed by atoms with van der Waals surface area (Å²) in [5, 5.41) is 16.8. The molecule has 0 spiro atoms. The van der Waals surface area contributed by atoms with Crippen LogP contribution in [0.3, 0.4) is 0 Å². The molecule has 0 unspecified atom stereocenters. The number of nitriles is 1. The summed E-state index contributed by atoms with van der Waals surface area (Å²) in [7, 11) is 0. The molecule has 1 aromatic rings. The molecular weight excluding hydrogens is 247 g/mol. The Kier molecular flexibility index (Phi) is 3.10. The Morgan fingerprint density at radius 2 is 2.00 bits per heavy atom. The van der Waals surface area contributed by atoms with E-state index in [4.69, 9.17) is 22.0 Å². The maximum Gasteiger partial charge on any atom is 0.417 e. The first kappa shape index (κ1) is 12.3. The van der Waals surface area contributed by atoms with Crippen molar-refractivity contribution in [2.24, 2.45) is 0 Å². The number of aromatic carboxylic acids is 1. The lowest BCUT2D eigenvalue weighted by molar-refractivity contribution is -0.137. The van der Waals surface area contributed by atoms with E-state index < -0.39 is 28.8 Å². The summed E-state index contributed by atoms with van der Waals surface area (Å²) >= 11 is 5.36. The Balaban J connectivity index is 3.63. The lowest BCUT2D eigenvalue weighted by Gasteiger charge is -2.10. The molecule has 0 saturated carbocycles. The Labute approximate surface area is 92.7 Å². The van der Waals surface area contributed by atoms with Crippen LogP contribution in [0.25, 0.3) is 0 Å². The normalized spacial score (nSPS) is 10.9. The van der Waals surface area contributed by atoms with Crippen molar-refractivity contribution >= 4 is 17.6 Å². The Morgan fingerprint density at radius 1 is 1.44 bits per heavy atom. The van der Waals surface area contributed by atoms with Crippen LogP contribution in [0, 0.1) is 11.3 Å². The van der Waals surface area contributed by atoms with Gasteiger partial charge in [-0.2, -0.15) is 18.4 Å². The molecule has 0 amide bonds. The zero-order valence-corrected chi connectivity index (χ0v) is 8.23. The maximum atomic E-state index is 12.5. The summed E-state index contributed by atoms with van der Waals surface area (Å²) in [5.41, 5.74) is -3.05. The number of carbonyl (C=O) groups is 1. The van der Waals surface area contributed by atoms with Crippen molar-refractivity contribution in [2.75, 3.05) is 0 Å². The van der Waals surface area contributed by atoms with Crippen molar-refractivity contribution in [3.63, 3.8) is 0 Å². The molecule has 3 nitrogen and oxygen atoms in total. The van der Waals surface area contributed by atoms with Gasteiger partial charge in [0.05, 0.1) is 16.7 Å². The van der Waals surface area contributed by atoms with Crippen LogP contribution in [0.15, 0.2) is 12.1 Å². The third-order valence-corrected chi connectivity index (χ3v) is 1.97. The second-order valence-electron chi connectivity index (χ2n) is 2.79. The fraction of sp³-hybridized carbons (Fsp3) is 0.111. The highest BCUT2D eigenvalue weighted by molar-refractivity contribution is 6.31. The summed E-state index contributed by atoms with van der Waals surface area (Å²) in [6.07, 6.45) is -4.82. The van der Waals surface area contributed by atoms with Crippen molar-refractivity contribution in [3.05, 3.63) is 33.8 Å². The van der Waals surface area contributed by atoms with E-state index in [-0.39, 0.29) is 5.02 Å². The fourth-order valence-electron chi connectivity index (χ4n) is 1.12. The molecule has 1 N–H and O–H groups in total. The van der Waals surface area contributed by atoms with Gasteiger partial charge in [0.15, 0.2) is 0 Å². The molecule has 0 aromatic heterocycles. The number of hydrogen-bond acceptors (Lipinski definition) is 2. The molecular formula is C9H3ClF3NO2. The molecule has 0 fully saturated rings. The van der Waals surface area contributed by atoms with E-state index in [2.05, 4.69) is 0 Å². The maximum absolute atomic E-state index is 12.5. The van der Waals surface area contributed by atoms with Crippen LogP contribution in [-0.2, 0) is 6.18 Å². The molecule has 1 rings (SSSR count). The number of hydrogen-bond donors (Lipinski definition) is 1. The molecule has 7 heteroatoms. The first-order chi connectivity index (χ1) is 7.27. The zero-order valence-electron chi connectivity index (χ0n) is 7.47. The molecule has 0 aliphatic carbocycles. The summed E-state index contributed by atoms with van der Waals surface area (Å²) in [5.74, 6) is -1.63. The smallest absolute Gasteiger partial charge is 0.417 e. The minimum Gasteiger partial charge on any atom is -0.478 e. The van der Waals surface area contributed by atoms with Gasteiger partial charge >= 0.3 is 12.1 Å². The highest BCUT2D eigenvalue weighted by atomic mass is 35.5. The number of carboxylic acid groups (broad SMARTS) is 1. The van der Waals surface area contributed by atoms with Crippen LogP contribution in [-0.4, -0.2) is 11.1 Å². The number of benzene rings is 1. The van der Waals surface area contributed by atoms with Crippen molar-refractivity contribution in [1.82, 2.24) is 0 Å². The second kappa shape index (κ2) is 4.02. The molecule has 0 bridgehead atoms. The van der Waals surface area contributed by atoms with Gasteiger partial charge in [0, 0.05) is 5.02 Å². The van der Waals surface area contributed by atoms with E-state index in [1.165, 1.54) is 6.07 Å². The topological polar surface area (TPSA) is 61.1 Å². The van der Waals surface area contributed by atoms with Crippen molar-refractivity contribution in [2.45, 2.75) is 6.18 Å². The first-order valence-electron chi connectivity index (χ1n) is 3.81. The van der Waals surface area contributed by atoms with Gasteiger partial charge in [-0.3, -0.25) is 0 Å². The van der Waals surface area contributed by atoms with E-state index in [0.29, 0.717) is 6.07 Å². The van der Waals surface area contributed by atoms with Gasteiger partial charge in [-0.1, -0.05) is 11.6 Å². The third-order valence-electron chi connectivity index (χ3n) is 1.75. The van der Waals surface area contributed by atoms with E-state index in [1.54, 1.807) is 0 Å². The van der Waals surface area contributed by atoms with E-state index in [0.717, 1.165) is 6.07 Å². The standard InChI is InChI=1S/C9H3ClF3NO2/c10-4-1-5(8(15)16)6(3-14)7(2-4)9(11,12)13/h1-2H,(H,15,16). The number of rotatable bonds is 1. The molecule has 0 saturated heterocycles. The van der Waals surface area contributed by atoms with Crippen LogP contribution >= 0.6 is 11.6 Å². The quantitative estimate of drug-likeness (QED) is 0.832. The Morgan fingerprint density at radius 3 is 2.38 bits per heavy atom. The number of halogens is 4. The minimum absolute atomic E-state index is 0.385. The Bertz CT molecular complexity index is 491. The van der Waals surface area contributed by atoms with E-state index in [1.807, 2.05) is 0 Å². The van der Waals surface area contributed by atoms with Gasteiger partial charge in [-0.05, 0) is 12.1 Å². The summed E-state index contributed by atoms with van der Waals surface area (Å²) in [6.45, 7) is 0. The second-order valence-corrected chi connectivity index (χ2v) is 3.23. The van der Waals surface area contributed by atoms with Crippen molar-refractivity contribution < 1.29 is 23.1 Å². The van der Waals surface area contributed by atoms with Crippen LogP contribution in [0.2, 0.25) is 5.02 Å². The van der Waals surface area contributed by atoms with Crippen LogP contribution < -0.4 is 0 Å². The largest absolute Gasteiger partial charge is 0.478 e. The third kappa shape index (κ3) is 2.25. The number of nitrogens with zero attached hydrogens (tertiary/aromatic N) is 1. The van der Waals surface area contributed by atoms with Crippen LogP contribution in [0.1, 0.15) is 21.5 Å². The molecule has 0 heterocycles. The lowest BCUT2D eigenvalue weighted by atomic mass is 10.0. The predicted molar refractivity (Wildman–Crippen MR) is 48.1 cm³/mol. The van der Waals surface area contributed by atoms with Crippen LogP contribution in [0.4, 0.5) is 13.2 Å². The van der Waals surface area contributed by atoms with Crippen molar-refractivity contribution in [1.29, 1.82) is 5.26 Å². The zero-order chi connectivity index (χ0) is 12.5. The monoisotopic (exact) mass is 249 g/mol. The minimum atomic E-state index is -4.82. The van der Waals surface area contributed by atoms with Gasteiger partial charge in [0.2, 0.25) is 0 Å². The van der Waals surface area contributed by atoms with E-state index in [9.17, 15) is 18.0 Å². The van der Waals surface area contributed by atoms with Gasteiger partial charge in [0.1, 0.15) is 6.07 Å². The highest BCUT2D eigenvalue weighted by Gasteiger charge is 2.36. The highest BCUT2D eigenvalue weighted by Crippen LogP contribution is 2.35. The summed E-state index contributed by atoms with van der Waals surface area (Å²) < 4.78 is 37.4. The lowest BCUT2D eigenvalue weighted by Crippen LogP contribution is -2.12.